The first-order valence-corrected chi connectivity index (χ1v) is 11.2. The molecule has 8 heteroatoms. The molecule has 1 aromatic carbocycles. The van der Waals surface area contributed by atoms with Gasteiger partial charge in [-0.05, 0) is 35.9 Å². The zero-order valence-corrected chi connectivity index (χ0v) is 17.1. The summed E-state index contributed by atoms with van der Waals surface area (Å²) in [6, 6.07) is 8.49. The smallest absolute Gasteiger partial charge is 0.174 e. The van der Waals surface area contributed by atoms with Gasteiger partial charge in [0.2, 0.25) is 0 Å². The number of anilines is 1. The van der Waals surface area contributed by atoms with Crippen LogP contribution in [0.15, 0.2) is 40.9 Å². The van der Waals surface area contributed by atoms with Gasteiger partial charge in [0, 0.05) is 30.4 Å². The molecule has 0 bridgehead atoms. The van der Waals surface area contributed by atoms with E-state index in [0.717, 1.165) is 64.9 Å². The van der Waals surface area contributed by atoms with Gasteiger partial charge in [-0.3, -0.25) is 0 Å². The highest BCUT2D eigenvalue weighted by Gasteiger charge is 2.21. The summed E-state index contributed by atoms with van der Waals surface area (Å²) in [7, 11) is 0. The average Bonchev–Trinajstić information content (AvgIpc) is 3.41. The molecule has 2 aliphatic rings. The maximum absolute atomic E-state index is 5.45. The third-order valence-corrected chi connectivity index (χ3v) is 6.92. The summed E-state index contributed by atoms with van der Waals surface area (Å²) < 4.78 is 6.43. The Kier molecular flexibility index (Phi) is 4.84. The lowest BCUT2D eigenvalue weighted by Gasteiger charge is -2.27. The monoisotopic (exact) mass is 409 g/mol. The van der Waals surface area contributed by atoms with Gasteiger partial charge in [0.25, 0.3) is 0 Å². The zero-order valence-electron chi connectivity index (χ0n) is 15.5. The van der Waals surface area contributed by atoms with E-state index in [4.69, 9.17) is 9.72 Å². The fraction of sp³-hybridized carbons (Fsp3) is 0.300. The fourth-order valence-electron chi connectivity index (χ4n) is 3.53. The van der Waals surface area contributed by atoms with E-state index < -0.39 is 0 Å². The Bertz CT molecular complexity index is 1040. The van der Waals surface area contributed by atoms with Crippen LogP contribution in [0.1, 0.15) is 17.0 Å². The quantitative estimate of drug-likeness (QED) is 0.611. The number of allylic oxidation sites excluding steroid dienone is 1. The minimum Gasteiger partial charge on any atom is -0.378 e. The lowest BCUT2D eigenvalue weighted by Crippen LogP contribution is -2.36. The van der Waals surface area contributed by atoms with Gasteiger partial charge in [-0.15, -0.1) is 10.2 Å². The van der Waals surface area contributed by atoms with Crippen LogP contribution in [-0.4, -0.2) is 52.7 Å². The molecule has 1 saturated heterocycles. The average molecular weight is 410 g/mol. The van der Waals surface area contributed by atoms with Crippen molar-refractivity contribution in [2.75, 3.05) is 37.5 Å². The molecular formula is C20H19N5OS2. The van der Waals surface area contributed by atoms with E-state index in [1.807, 2.05) is 18.5 Å². The van der Waals surface area contributed by atoms with E-state index in [-0.39, 0.29) is 0 Å². The molecule has 0 radical (unpaired) electrons. The Morgan fingerprint density at radius 1 is 1.14 bits per heavy atom. The second-order valence-corrected chi connectivity index (χ2v) is 8.64. The highest BCUT2D eigenvalue weighted by molar-refractivity contribution is 8.00. The van der Waals surface area contributed by atoms with Crippen LogP contribution >= 0.6 is 23.1 Å². The van der Waals surface area contributed by atoms with Crippen LogP contribution in [0.4, 0.5) is 5.82 Å². The number of hydrogen-bond acceptors (Lipinski definition) is 8. The third-order valence-electron chi connectivity index (χ3n) is 4.97. The highest BCUT2D eigenvalue weighted by Crippen LogP contribution is 2.36. The van der Waals surface area contributed by atoms with Gasteiger partial charge in [0.05, 0.1) is 13.2 Å². The normalized spacial score (nSPS) is 16.2. The topological polar surface area (TPSA) is 64.0 Å². The molecule has 1 aliphatic carbocycles. The van der Waals surface area contributed by atoms with Gasteiger partial charge in [-0.25, -0.2) is 9.97 Å². The van der Waals surface area contributed by atoms with E-state index in [9.17, 15) is 0 Å². The molecule has 0 unspecified atom stereocenters. The van der Waals surface area contributed by atoms with Crippen molar-refractivity contribution in [2.45, 2.75) is 10.8 Å². The lowest BCUT2D eigenvalue weighted by molar-refractivity contribution is 0.122. The van der Waals surface area contributed by atoms with Gasteiger partial charge >= 0.3 is 0 Å². The van der Waals surface area contributed by atoms with Crippen LogP contribution in [0.3, 0.4) is 0 Å². The van der Waals surface area contributed by atoms with E-state index in [1.54, 1.807) is 23.1 Å². The number of fused-ring (bicyclic) bond motifs is 1. The van der Waals surface area contributed by atoms with Crippen molar-refractivity contribution >= 4 is 34.5 Å². The minimum absolute atomic E-state index is 0.744. The maximum atomic E-state index is 5.45. The van der Waals surface area contributed by atoms with Crippen molar-refractivity contribution in [2.24, 2.45) is 0 Å². The molecule has 1 fully saturated rings. The predicted molar refractivity (Wildman–Crippen MR) is 113 cm³/mol. The number of nitrogens with zero attached hydrogens (tertiary/aromatic N) is 5. The lowest BCUT2D eigenvalue weighted by atomic mass is 10.0. The molecule has 142 valence electrons. The number of aromatic nitrogens is 4. The number of thioether (sulfide) groups is 1. The second kappa shape index (κ2) is 7.62. The number of morpholine rings is 1. The molecule has 1 aliphatic heterocycles. The number of rotatable bonds is 4. The molecule has 0 N–H and O–H groups in total. The van der Waals surface area contributed by atoms with E-state index in [1.165, 1.54) is 11.1 Å². The molecule has 0 atom stereocenters. The molecule has 5 rings (SSSR count). The molecule has 3 aromatic rings. The molecule has 3 heterocycles. The van der Waals surface area contributed by atoms with Crippen LogP contribution in [0.2, 0.25) is 0 Å². The Labute approximate surface area is 171 Å². The minimum atomic E-state index is 0.744. The van der Waals surface area contributed by atoms with Crippen molar-refractivity contribution in [3.05, 3.63) is 53.5 Å². The largest absolute Gasteiger partial charge is 0.378 e. The zero-order chi connectivity index (χ0) is 18.9. The van der Waals surface area contributed by atoms with Crippen LogP contribution in [0, 0.1) is 0 Å². The Morgan fingerprint density at radius 2 is 2.04 bits per heavy atom. The molecule has 0 amide bonds. The standard InChI is InChI=1S/C20H19N5OS2/c1-27-20-24-23-19(28-20)14-3-2-13-4-5-15(16(13)12-14)18-21-7-6-17(22-18)25-8-10-26-11-9-25/h2-3,5-7,12H,4,8-11H2,1H3. The van der Waals surface area contributed by atoms with Gasteiger partial charge in [-0.2, -0.15) is 0 Å². The second-order valence-electron chi connectivity index (χ2n) is 6.61. The predicted octanol–water partition coefficient (Wildman–Crippen LogP) is 3.54. The summed E-state index contributed by atoms with van der Waals surface area (Å²) in [6.45, 7) is 3.22. The van der Waals surface area contributed by atoms with Crippen molar-refractivity contribution < 1.29 is 4.74 Å². The molecule has 0 saturated carbocycles. The molecule has 0 spiro atoms. The third kappa shape index (κ3) is 3.32. The number of hydrogen-bond donors (Lipinski definition) is 0. The maximum Gasteiger partial charge on any atom is 0.174 e. The van der Waals surface area contributed by atoms with Crippen LogP contribution in [0.25, 0.3) is 16.1 Å². The molecule has 2 aromatic heterocycles. The molecular weight excluding hydrogens is 390 g/mol. The fourth-order valence-corrected chi connectivity index (χ4v) is 4.79. The summed E-state index contributed by atoms with van der Waals surface area (Å²) in [4.78, 5) is 11.7. The van der Waals surface area contributed by atoms with E-state index in [0.29, 0.717) is 0 Å². The van der Waals surface area contributed by atoms with E-state index in [2.05, 4.69) is 44.4 Å². The summed E-state index contributed by atoms with van der Waals surface area (Å²) in [5.74, 6) is 1.74. The first-order chi connectivity index (χ1) is 13.8. The van der Waals surface area contributed by atoms with Crippen molar-refractivity contribution in [1.29, 1.82) is 0 Å². The SMILES string of the molecule is CSc1nnc(-c2ccc3c(c2)C(c2nccc(N4CCOCC4)n2)=CC3)s1. The Morgan fingerprint density at radius 3 is 2.86 bits per heavy atom. The van der Waals surface area contributed by atoms with Crippen LogP contribution in [-0.2, 0) is 11.2 Å². The van der Waals surface area contributed by atoms with Crippen LogP contribution in [0.5, 0.6) is 0 Å². The Balaban J connectivity index is 1.48. The van der Waals surface area contributed by atoms with Crippen molar-refractivity contribution in [3.63, 3.8) is 0 Å². The van der Waals surface area contributed by atoms with Gasteiger partial charge < -0.3 is 9.64 Å². The van der Waals surface area contributed by atoms with Gasteiger partial charge in [0.1, 0.15) is 10.8 Å². The summed E-state index contributed by atoms with van der Waals surface area (Å²) in [5.41, 5.74) is 4.68. The first kappa shape index (κ1) is 17.8. The first-order valence-electron chi connectivity index (χ1n) is 9.19. The van der Waals surface area contributed by atoms with Gasteiger partial charge in [-0.1, -0.05) is 41.3 Å². The summed E-state index contributed by atoms with van der Waals surface area (Å²) >= 11 is 3.24. The van der Waals surface area contributed by atoms with E-state index >= 15 is 0 Å². The summed E-state index contributed by atoms with van der Waals surface area (Å²) in [6.07, 6.45) is 7.00. The number of benzene rings is 1. The summed E-state index contributed by atoms with van der Waals surface area (Å²) in [5, 5.41) is 9.50. The highest BCUT2D eigenvalue weighted by atomic mass is 32.2. The number of ether oxygens (including phenoxy) is 1. The Hall–Kier alpha value is -2.29. The van der Waals surface area contributed by atoms with Gasteiger partial charge in [0.15, 0.2) is 10.2 Å². The van der Waals surface area contributed by atoms with Crippen LogP contribution < -0.4 is 4.90 Å². The van der Waals surface area contributed by atoms with Crippen molar-refractivity contribution in [1.82, 2.24) is 20.2 Å². The molecule has 28 heavy (non-hydrogen) atoms. The molecule has 6 nitrogen and oxygen atoms in total. The van der Waals surface area contributed by atoms with Crippen molar-refractivity contribution in [3.8, 4) is 10.6 Å².